The second kappa shape index (κ2) is 10.3. The number of amides is 2. The number of carbonyl (C=O) groups is 2. The molecule has 0 atom stereocenters. The Morgan fingerprint density at radius 3 is 2.37 bits per heavy atom. The molecule has 0 aromatic heterocycles. The van der Waals surface area contributed by atoms with E-state index in [1.807, 2.05) is 30.3 Å². The lowest BCUT2D eigenvalue weighted by atomic mass is 10.1. The van der Waals surface area contributed by atoms with Gasteiger partial charge in [0.05, 0.1) is 14.2 Å². The van der Waals surface area contributed by atoms with Gasteiger partial charge >= 0.3 is 0 Å². The standard InChI is InChI=1S/C23H25BrN2O4/c1-29-20-10-8-18(16-21(20)30-2)23(28)26-13-5-12-25(14-15-26)22(27)11-9-17-6-3-4-7-19(17)24/h3-4,6-11,16H,5,12-15H2,1-2H3/b11-9+. The van der Waals surface area contributed by atoms with Crippen LogP contribution in [0.3, 0.4) is 0 Å². The van der Waals surface area contributed by atoms with Gasteiger partial charge in [-0.1, -0.05) is 34.1 Å². The number of nitrogens with zero attached hydrogens (tertiary/aromatic N) is 2. The van der Waals surface area contributed by atoms with E-state index in [9.17, 15) is 9.59 Å². The molecule has 2 amide bonds. The smallest absolute Gasteiger partial charge is 0.254 e. The van der Waals surface area contributed by atoms with Gasteiger partial charge in [0, 0.05) is 42.3 Å². The van der Waals surface area contributed by atoms with Crippen molar-refractivity contribution in [2.24, 2.45) is 0 Å². The number of methoxy groups -OCH3 is 2. The van der Waals surface area contributed by atoms with Crippen LogP contribution in [-0.2, 0) is 4.79 Å². The van der Waals surface area contributed by atoms with Gasteiger partial charge in [-0.15, -0.1) is 0 Å². The Bertz CT molecular complexity index is 945. The summed E-state index contributed by atoms with van der Waals surface area (Å²) in [6.45, 7) is 2.21. The Balaban J connectivity index is 1.64. The molecule has 1 aliphatic rings. The summed E-state index contributed by atoms with van der Waals surface area (Å²) in [6.07, 6.45) is 4.13. The Morgan fingerprint density at radius 2 is 1.63 bits per heavy atom. The lowest BCUT2D eigenvalue weighted by Crippen LogP contribution is -2.36. The van der Waals surface area contributed by atoms with Gasteiger partial charge in [-0.3, -0.25) is 9.59 Å². The predicted molar refractivity (Wildman–Crippen MR) is 120 cm³/mol. The van der Waals surface area contributed by atoms with Crippen LogP contribution in [-0.4, -0.2) is 62.0 Å². The third-order valence-electron chi connectivity index (χ3n) is 5.04. The van der Waals surface area contributed by atoms with Crippen LogP contribution in [0.25, 0.3) is 6.08 Å². The van der Waals surface area contributed by atoms with E-state index in [0.29, 0.717) is 43.2 Å². The Hall–Kier alpha value is -2.80. The minimum atomic E-state index is -0.0750. The zero-order valence-corrected chi connectivity index (χ0v) is 18.7. The van der Waals surface area contributed by atoms with Crippen molar-refractivity contribution in [3.63, 3.8) is 0 Å². The zero-order chi connectivity index (χ0) is 21.5. The molecule has 1 saturated heterocycles. The monoisotopic (exact) mass is 472 g/mol. The SMILES string of the molecule is COc1ccc(C(=O)N2CCCN(C(=O)/C=C/c3ccccc3Br)CC2)cc1OC. The molecule has 0 N–H and O–H groups in total. The Morgan fingerprint density at radius 1 is 0.933 bits per heavy atom. The highest BCUT2D eigenvalue weighted by Crippen LogP contribution is 2.28. The normalized spacial score (nSPS) is 14.5. The van der Waals surface area contributed by atoms with E-state index >= 15 is 0 Å². The number of halogens is 1. The summed E-state index contributed by atoms with van der Waals surface area (Å²) in [5.74, 6) is 0.978. The molecule has 0 unspecified atom stereocenters. The van der Waals surface area contributed by atoms with Gasteiger partial charge < -0.3 is 19.3 Å². The summed E-state index contributed by atoms with van der Waals surface area (Å²) < 4.78 is 11.5. The van der Waals surface area contributed by atoms with Gasteiger partial charge in [0.2, 0.25) is 5.91 Å². The fraction of sp³-hybridized carbons (Fsp3) is 0.304. The van der Waals surface area contributed by atoms with Gasteiger partial charge in [-0.05, 0) is 42.3 Å². The maximum Gasteiger partial charge on any atom is 0.254 e. The van der Waals surface area contributed by atoms with Gasteiger partial charge in [0.15, 0.2) is 11.5 Å². The second-order valence-electron chi connectivity index (χ2n) is 6.90. The van der Waals surface area contributed by atoms with Crippen molar-refractivity contribution in [2.45, 2.75) is 6.42 Å². The van der Waals surface area contributed by atoms with Crippen molar-refractivity contribution in [3.8, 4) is 11.5 Å². The fourth-order valence-corrected chi connectivity index (χ4v) is 3.79. The number of rotatable bonds is 5. The number of hydrogen-bond acceptors (Lipinski definition) is 4. The Labute approximate surface area is 185 Å². The van der Waals surface area contributed by atoms with E-state index in [0.717, 1.165) is 16.5 Å². The molecular weight excluding hydrogens is 448 g/mol. The highest BCUT2D eigenvalue weighted by Gasteiger charge is 2.22. The molecule has 0 bridgehead atoms. The lowest BCUT2D eigenvalue weighted by molar-refractivity contribution is -0.125. The average molecular weight is 473 g/mol. The quantitative estimate of drug-likeness (QED) is 0.620. The Kier molecular flexibility index (Phi) is 7.52. The van der Waals surface area contributed by atoms with Crippen molar-refractivity contribution in [1.29, 1.82) is 0 Å². The first-order chi connectivity index (χ1) is 14.5. The molecule has 30 heavy (non-hydrogen) atoms. The molecule has 6 nitrogen and oxygen atoms in total. The van der Waals surface area contributed by atoms with Crippen LogP contribution in [0.15, 0.2) is 53.0 Å². The number of hydrogen-bond donors (Lipinski definition) is 0. The van der Waals surface area contributed by atoms with Crippen LogP contribution in [0.2, 0.25) is 0 Å². The minimum absolute atomic E-state index is 0.0498. The fourth-order valence-electron chi connectivity index (χ4n) is 3.37. The van der Waals surface area contributed by atoms with E-state index in [-0.39, 0.29) is 11.8 Å². The molecule has 7 heteroatoms. The second-order valence-corrected chi connectivity index (χ2v) is 7.75. The topological polar surface area (TPSA) is 59.1 Å². The van der Waals surface area contributed by atoms with Crippen molar-refractivity contribution in [1.82, 2.24) is 9.80 Å². The molecule has 2 aromatic rings. The summed E-state index contributed by atoms with van der Waals surface area (Å²) in [5.41, 5.74) is 1.49. The molecule has 0 saturated carbocycles. The molecule has 1 fully saturated rings. The highest BCUT2D eigenvalue weighted by molar-refractivity contribution is 9.10. The van der Waals surface area contributed by atoms with Crippen LogP contribution in [0, 0.1) is 0 Å². The van der Waals surface area contributed by atoms with Crippen molar-refractivity contribution < 1.29 is 19.1 Å². The molecule has 1 heterocycles. The van der Waals surface area contributed by atoms with E-state index in [1.54, 1.807) is 48.3 Å². The van der Waals surface area contributed by atoms with Crippen molar-refractivity contribution in [2.75, 3.05) is 40.4 Å². The molecule has 0 aliphatic carbocycles. The van der Waals surface area contributed by atoms with Crippen LogP contribution in [0.4, 0.5) is 0 Å². The van der Waals surface area contributed by atoms with E-state index in [1.165, 1.54) is 0 Å². The molecule has 1 aliphatic heterocycles. The summed E-state index contributed by atoms with van der Waals surface area (Å²) in [7, 11) is 3.10. The maximum absolute atomic E-state index is 13.0. The first-order valence-corrected chi connectivity index (χ1v) is 10.6. The van der Waals surface area contributed by atoms with Crippen LogP contribution < -0.4 is 9.47 Å². The molecule has 0 radical (unpaired) electrons. The molecule has 0 spiro atoms. The van der Waals surface area contributed by atoms with Crippen molar-refractivity contribution in [3.05, 3.63) is 64.1 Å². The molecule has 158 valence electrons. The highest BCUT2D eigenvalue weighted by atomic mass is 79.9. The van der Waals surface area contributed by atoms with E-state index in [2.05, 4.69) is 15.9 Å². The molecule has 2 aromatic carbocycles. The largest absolute Gasteiger partial charge is 0.493 e. The van der Waals surface area contributed by atoms with E-state index < -0.39 is 0 Å². The van der Waals surface area contributed by atoms with Crippen LogP contribution in [0.5, 0.6) is 11.5 Å². The van der Waals surface area contributed by atoms with Gasteiger partial charge in [0.1, 0.15) is 0 Å². The third kappa shape index (κ3) is 5.21. The van der Waals surface area contributed by atoms with E-state index in [4.69, 9.17) is 9.47 Å². The predicted octanol–water partition coefficient (Wildman–Crippen LogP) is 3.85. The summed E-state index contributed by atoms with van der Waals surface area (Å²) in [5, 5.41) is 0. The number of carbonyl (C=O) groups excluding carboxylic acids is 2. The average Bonchev–Trinajstić information content (AvgIpc) is 3.03. The minimum Gasteiger partial charge on any atom is -0.493 e. The lowest BCUT2D eigenvalue weighted by Gasteiger charge is -2.22. The summed E-state index contributed by atoms with van der Waals surface area (Å²) >= 11 is 3.48. The number of benzene rings is 2. The molecular formula is C23H25BrN2O4. The van der Waals surface area contributed by atoms with Crippen LogP contribution in [0.1, 0.15) is 22.3 Å². The summed E-state index contributed by atoms with van der Waals surface area (Å²) in [4.78, 5) is 29.1. The van der Waals surface area contributed by atoms with Gasteiger partial charge in [0.25, 0.3) is 5.91 Å². The summed E-state index contributed by atoms with van der Waals surface area (Å²) in [6, 6.07) is 12.9. The first-order valence-electron chi connectivity index (χ1n) is 9.76. The maximum atomic E-state index is 13.0. The number of ether oxygens (including phenoxy) is 2. The van der Waals surface area contributed by atoms with Gasteiger partial charge in [-0.25, -0.2) is 0 Å². The first kappa shape index (κ1) is 21.9. The zero-order valence-electron chi connectivity index (χ0n) is 17.1. The van der Waals surface area contributed by atoms with Crippen molar-refractivity contribution >= 4 is 33.8 Å². The third-order valence-corrected chi connectivity index (χ3v) is 5.76. The van der Waals surface area contributed by atoms with Gasteiger partial charge in [-0.2, -0.15) is 0 Å². The van der Waals surface area contributed by atoms with Crippen LogP contribution >= 0.6 is 15.9 Å². The molecule has 3 rings (SSSR count).